The average molecular weight is 461 g/mol. The number of hydrogen-bond acceptors (Lipinski definition) is 3. The molecule has 1 N–H and O–H groups in total. The summed E-state index contributed by atoms with van der Waals surface area (Å²) in [5, 5.41) is 3.40. The molecule has 1 fully saturated rings. The van der Waals surface area contributed by atoms with Crippen molar-refractivity contribution in [3.8, 4) is 11.5 Å². The first-order valence-electron chi connectivity index (χ1n) is 9.20. The SMILES string of the molecule is CCNC(=NCCc1ccc(OCC)c(OCC)c1)N1CCCC1.I. The van der Waals surface area contributed by atoms with Crippen LogP contribution in [-0.2, 0) is 6.42 Å². The molecule has 1 aromatic rings. The summed E-state index contributed by atoms with van der Waals surface area (Å²) in [6.07, 6.45) is 3.43. The van der Waals surface area contributed by atoms with Crippen molar-refractivity contribution in [1.82, 2.24) is 10.2 Å². The third kappa shape index (κ3) is 6.92. The first-order chi connectivity index (χ1) is 11.8. The van der Waals surface area contributed by atoms with Crippen LogP contribution in [0, 0.1) is 0 Å². The summed E-state index contributed by atoms with van der Waals surface area (Å²) in [5.74, 6) is 2.69. The summed E-state index contributed by atoms with van der Waals surface area (Å²) in [4.78, 5) is 7.14. The van der Waals surface area contributed by atoms with Crippen LogP contribution in [0.2, 0.25) is 0 Å². The van der Waals surface area contributed by atoms with Crippen molar-refractivity contribution in [3.63, 3.8) is 0 Å². The number of aliphatic imine (C=N–C) groups is 1. The van der Waals surface area contributed by atoms with Crippen molar-refractivity contribution in [2.24, 2.45) is 4.99 Å². The fourth-order valence-corrected chi connectivity index (χ4v) is 2.90. The molecule has 1 saturated heterocycles. The van der Waals surface area contributed by atoms with E-state index in [0.29, 0.717) is 13.2 Å². The number of likely N-dealkylation sites (tertiary alicyclic amines) is 1. The van der Waals surface area contributed by atoms with Gasteiger partial charge in [-0.2, -0.15) is 0 Å². The van der Waals surface area contributed by atoms with Gasteiger partial charge in [0.1, 0.15) is 0 Å². The van der Waals surface area contributed by atoms with Crippen molar-refractivity contribution >= 4 is 29.9 Å². The minimum Gasteiger partial charge on any atom is -0.490 e. The molecule has 6 heteroatoms. The Bertz CT molecular complexity index is 531. The number of halogens is 1. The summed E-state index contributed by atoms with van der Waals surface area (Å²) in [7, 11) is 0. The lowest BCUT2D eigenvalue weighted by atomic mass is 10.1. The van der Waals surface area contributed by atoms with E-state index in [0.717, 1.165) is 50.1 Å². The predicted octanol–water partition coefficient (Wildman–Crippen LogP) is 3.71. The monoisotopic (exact) mass is 461 g/mol. The van der Waals surface area contributed by atoms with Gasteiger partial charge in [0.15, 0.2) is 17.5 Å². The van der Waals surface area contributed by atoms with Crippen LogP contribution in [0.1, 0.15) is 39.2 Å². The Labute approximate surface area is 169 Å². The van der Waals surface area contributed by atoms with E-state index in [-0.39, 0.29) is 24.0 Å². The predicted molar refractivity (Wildman–Crippen MR) is 115 cm³/mol. The van der Waals surface area contributed by atoms with Crippen molar-refractivity contribution in [2.75, 3.05) is 39.4 Å². The van der Waals surface area contributed by atoms with Crippen LogP contribution >= 0.6 is 24.0 Å². The summed E-state index contributed by atoms with van der Waals surface area (Å²) < 4.78 is 11.3. The topological polar surface area (TPSA) is 46.1 Å². The standard InChI is InChI=1S/C19H31N3O2.HI/c1-4-20-19(22-13-7-8-14-22)21-12-11-16-9-10-17(23-5-2)18(15-16)24-6-3;/h9-10,15H,4-8,11-14H2,1-3H3,(H,20,21);1H. The molecule has 0 amide bonds. The molecule has 0 saturated carbocycles. The third-order valence-corrected chi connectivity index (χ3v) is 4.01. The van der Waals surface area contributed by atoms with Crippen LogP contribution in [0.15, 0.2) is 23.2 Å². The number of nitrogens with one attached hydrogen (secondary N) is 1. The van der Waals surface area contributed by atoms with Crippen LogP contribution in [0.25, 0.3) is 0 Å². The summed E-state index contributed by atoms with van der Waals surface area (Å²) in [6, 6.07) is 6.18. The number of ether oxygens (including phenoxy) is 2. The van der Waals surface area contributed by atoms with Crippen molar-refractivity contribution < 1.29 is 9.47 Å². The average Bonchev–Trinajstić information content (AvgIpc) is 3.11. The molecule has 0 bridgehead atoms. The van der Waals surface area contributed by atoms with Crippen LogP contribution in [0.5, 0.6) is 11.5 Å². The Morgan fingerprint density at radius 1 is 1.08 bits per heavy atom. The smallest absolute Gasteiger partial charge is 0.193 e. The van der Waals surface area contributed by atoms with E-state index in [1.165, 1.54) is 18.4 Å². The highest BCUT2D eigenvalue weighted by atomic mass is 127. The van der Waals surface area contributed by atoms with Gasteiger partial charge in [-0.15, -0.1) is 24.0 Å². The lowest BCUT2D eigenvalue weighted by Crippen LogP contribution is -2.39. The number of nitrogens with zero attached hydrogens (tertiary/aromatic N) is 2. The fourth-order valence-electron chi connectivity index (χ4n) is 2.90. The summed E-state index contributed by atoms with van der Waals surface area (Å²) >= 11 is 0. The van der Waals surface area contributed by atoms with E-state index in [4.69, 9.17) is 14.5 Å². The molecular formula is C19H32IN3O2. The number of guanidine groups is 1. The number of hydrogen-bond donors (Lipinski definition) is 1. The first-order valence-corrected chi connectivity index (χ1v) is 9.20. The largest absolute Gasteiger partial charge is 0.490 e. The molecule has 0 aliphatic carbocycles. The van der Waals surface area contributed by atoms with Crippen molar-refractivity contribution in [2.45, 2.75) is 40.0 Å². The van der Waals surface area contributed by atoms with Gasteiger partial charge in [-0.25, -0.2) is 0 Å². The number of benzene rings is 1. The van der Waals surface area contributed by atoms with E-state index in [2.05, 4.69) is 29.3 Å². The molecule has 1 aliphatic rings. The van der Waals surface area contributed by atoms with Gasteiger partial charge in [0.2, 0.25) is 0 Å². The molecule has 25 heavy (non-hydrogen) atoms. The lowest BCUT2D eigenvalue weighted by molar-refractivity contribution is 0.287. The van der Waals surface area contributed by atoms with Gasteiger partial charge in [0, 0.05) is 26.2 Å². The van der Waals surface area contributed by atoms with Gasteiger partial charge in [-0.05, 0) is 57.7 Å². The second-order valence-corrected chi connectivity index (χ2v) is 5.83. The number of rotatable bonds is 8. The van der Waals surface area contributed by atoms with Gasteiger partial charge in [0.25, 0.3) is 0 Å². The highest BCUT2D eigenvalue weighted by molar-refractivity contribution is 14.0. The minimum absolute atomic E-state index is 0. The van der Waals surface area contributed by atoms with Crippen molar-refractivity contribution in [3.05, 3.63) is 23.8 Å². The second-order valence-electron chi connectivity index (χ2n) is 5.83. The maximum atomic E-state index is 5.70. The van der Waals surface area contributed by atoms with E-state index in [9.17, 15) is 0 Å². The first kappa shape index (κ1) is 21.9. The molecular weight excluding hydrogens is 429 g/mol. The van der Waals surface area contributed by atoms with Gasteiger partial charge in [-0.3, -0.25) is 4.99 Å². The highest BCUT2D eigenvalue weighted by Crippen LogP contribution is 2.28. The van der Waals surface area contributed by atoms with Gasteiger partial charge in [0.05, 0.1) is 13.2 Å². The molecule has 0 radical (unpaired) electrons. The van der Waals surface area contributed by atoms with E-state index in [1.54, 1.807) is 0 Å². The molecule has 1 aliphatic heterocycles. The normalized spacial score (nSPS) is 14.2. The van der Waals surface area contributed by atoms with E-state index >= 15 is 0 Å². The van der Waals surface area contributed by atoms with E-state index < -0.39 is 0 Å². The van der Waals surface area contributed by atoms with Crippen LogP contribution in [-0.4, -0.2) is 50.3 Å². The molecule has 1 heterocycles. The Balaban J connectivity index is 0.00000312. The Morgan fingerprint density at radius 2 is 1.76 bits per heavy atom. The molecule has 1 aromatic carbocycles. The Kier molecular flexibility index (Phi) is 10.7. The zero-order valence-corrected chi connectivity index (χ0v) is 18.0. The Hall–Kier alpha value is -1.18. The van der Waals surface area contributed by atoms with Gasteiger partial charge in [-0.1, -0.05) is 6.07 Å². The van der Waals surface area contributed by atoms with Crippen LogP contribution < -0.4 is 14.8 Å². The van der Waals surface area contributed by atoms with Gasteiger partial charge < -0.3 is 19.7 Å². The second kappa shape index (κ2) is 12.2. The van der Waals surface area contributed by atoms with Gasteiger partial charge >= 0.3 is 0 Å². The maximum absolute atomic E-state index is 5.70. The minimum atomic E-state index is 0. The van der Waals surface area contributed by atoms with E-state index in [1.807, 2.05) is 19.9 Å². The third-order valence-electron chi connectivity index (χ3n) is 4.01. The molecule has 142 valence electrons. The quantitative estimate of drug-likeness (QED) is 0.364. The van der Waals surface area contributed by atoms with Crippen LogP contribution in [0.3, 0.4) is 0 Å². The lowest BCUT2D eigenvalue weighted by Gasteiger charge is -2.20. The molecule has 2 rings (SSSR count). The highest BCUT2D eigenvalue weighted by Gasteiger charge is 2.15. The molecule has 0 unspecified atom stereocenters. The maximum Gasteiger partial charge on any atom is 0.193 e. The summed E-state index contributed by atoms with van der Waals surface area (Å²) in [5.41, 5.74) is 1.22. The summed E-state index contributed by atoms with van der Waals surface area (Å²) in [6.45, 7) is 11.3. The zero-order chi connectivity index (χ0) is 17.2. The molecule has 0 spiro atoms. The fraction of sp³-hybridized carbons (Fsp3) is 0.632. The molecule has 0 atom stereocenters. The van der Waals surface area contributed by atoms with Crippen molar-refractivity contribution in [1.29, 1.82) is 0 Å². The Morgan fingerprint density at radius 3 is 2.40 bits per heavy atom. The molecule has 0 aromatic heterocycles. The molecule has 5 nitrogen and oxygen atoms in total. The van der Waals surface area contributed by atoms with Crippen LogP contribution in [0.4, 0.5) is 0 Å². The zero-order valence-electron chi connectivity index (χ0n) is 15.7.